The van der Waals surface area contributed by atoms with Gasteiger partial charge in [-0.15, -0.1) is 11.3 Å². The number of likely N-dealkylation sites (tertiary alicyclic amines) is 1. The zero-order valence-corrected chi connectivity index (χ0v) is 18.2. The summed E-state index contributed by atoms with van der Waals surface area (Å²) in [6.45, 7) is 4.91. The van der Waals surface area contributed by atoms with Crippen molar-refractivity contribution in [2.24, 2.45) is 0 Å². The number of rotatable bonds is 4. The van der Waals surface area contributed by atoms with Crippen molar-refractivity contribution in [3.05, 3.63) is 63.3 Å². The second-order valence-corrected chi connectivity index (χ2v) is 8.99. The first-order valence-corrected chi connectivity index (χ1v) is 10.9. The molecule has 1 fully saturated rings. The van der Waals surface area contributed by atoms with Crippen molar-refractivity contribution in [2.75, 3.05) is 18.4 Å². The van der Waals surface area contributed by atoms with Crippen molar-refractivity contribution < 1.29 is 9.18 Å². The maximum Gasteiger partial charge on any atom is 0.256 e. The smallest absolute Gasteiger partial charge is 0.256 e. The summed E-state index contributed by atoms with van der Waals surface area (Å²) in [5.41, 5.74) is 0.829. The first-order chi connectivity index (χ1) is 14.4. The third-order valence-electron chi connectivity index (χ3n) is 4.98. The summed E-state index contributed by atoms with van der Waals surface area (Å²) in [5, 5.41) is 3.95. The highest BCUT2D eigenvalue weighted by atomic mass is 35.5. The summed E-state index contributed by atoms with van der Waals surface area (Å²) in [4.78, 5) is 29.2. The molecule has 1 saturated heterocycles. The molecule has 2 aromatic heterocycles. The van der Waals surface area contributed by atoms with E-state index in [1.807, 2.05) is 26.1 Å². The number of aryl methyl sites for hydroxylation is 2. The number of aromatic nitrogens is 3. The third-order valence-corrected chi connectivity index (χ3v) is 6.10. The Labute approximate surface area is 183 Å². The van der Waals surface area contributed by atoms with Gasteiger partial charge in [0.1, 0.15) is 11.6 Å². The molecule has 1 N–H and O–H groups in total. The molecular weight excluding hydrogens is 425 g/mol. The number of nitrogens with zero attached hydrogens (tertiary/aromatic N) is 4. The van der Waals surface area contributed by atoms with Gasteiger partial charge in [0.15, 0.2) is 10.9 Å². The molecule has 9 heteroatoms. The molecule has 3 heterocycles. The van der Waals surface area contributed by atoms with E-state index in [1.165, 1.54) is 12.1 Å². The highest BCUT2D eigenvalue weighted by Gasteiger charge is 2.29. The van der Waals surface area contributed by atoms with Crippen molar-refractivity contribution in [2.45, 2.75) is 32.6 Å². The molecule has 1 aromatic carbocycles. The zero-order chi connectivity index (χ0) is 21.3. The Balaban J connectivity index is 1.54. The first kappa shape index (κ1) is 20.7. The molecule has 0 aliphatic carbocycles. The fourth-order valence-electron chi connectivity index (χ4n) is 3.57. The summed E-state index contributed by atoms with van der Waals surface area (Å²) in [6, 6.07) is 6.36. The second kappa shape index (κ2) is 8.65. The fraction of sp³-hybridized carbons (Fsp3) is 0.333. The van der Waals surface area contributed by atoms with Crippen molar-refractivity contribution in [3.8, 4) is 0 Å². The molecule has 1 atom stereocenters. The number of piperidine rings is 1. The van der Waals surface area contributed by atoms with Crippen molar-refractivity contribution in [1.29, 1.82) is 0 Å². The number of nitrogens with one attached hydrogen (secondary N) is 1. The summed E-state index contributed by atoms with van der Waals surface area (Å²) < 4.78 is 14.3. The van der Waals surface area contributed by atoms with Crippen LogP contribution in [0.1, 0.15) is 45.5 Å². The molecule has 30 heavy (non-hydrogen) atoms. The monoisotopic (exact) mass is 445 g/mol. The zero-order valence-electron chi connectivity index (χ0n) is 16.7. The van der Waals surface area contributed by atoms with Crippen LogP contribution in [0.15, 0.2) is 30.5 Å². The van der Waals surface area contributed by atoms with Crippen molar-refractivity contribution in [1.82, 2.24) is 19.9 Å². The maximum atomic E-state index is 14.3. The number of anilines is 2. The average Bonchev–Trinajstić information content (AvgIpc) is 3.13. The van der Waals surface area contributed by atoms with Gasteiger partial charge in [-0.1, -0.05) is 17.7 Å². The van der Waals surface area contributed by atoms with E-state index in [-0.39, 0.29) is 22.4 Å². The predicted octanol–water partition coefficient (Wildman–Crippen LogP) is 5.11. The van der Waals surface area contributed by atoms with Crippen LogP contribution >= 0.6 is 22.9 Å². The van der Waals surface area contributed by atoms with E-state index < -0.39 is 5.82 Å². The topological polar surface area (TPSA) is 71.0 Å². The number of hydrogen-bond acceptors (Lipinski definition) is 6. The number of amides is 1. The molecular formula is C21H21ClFN5OS. The van der Waals surface area contributed by atoms with Crippen molar-refractivity contribution >= 4 is 39.8 Å². The van der Waals surface area contributed by atoms with Crippen LogP contribution in [0.2, 0.25) is 5.02 Å². The van der Waals surface area contributed by atoms with E-state index in [0.29, 0.717) is 24.7 Å². The average molecular weight is 446 g/mol. The van der Waals surface area contributed by atoms with Crippen LogP contribution in [0.5, 0.6) is 0 Å². The van der Waals surface area contributed by atoms with Crippen LogP contribution in [-0.2, 0) is 0 Å². The minimum Gasteiger partial charge on any atom is -0.338 e. The largest absolute Gasteiger partial charge is 0.338 e. The number of carbonyl (C=O) groups excluding carboxylic acids is 1. The van der Waals surface area contributed by atoms with Crippen LogP contribution in [0.25, 0.3) is 0 Å². The normalized spacial score (nSPS) is 16.5. The van der Waals surface area contributed by atoms with Crippen LogP contribution in [0, 0.1) is 19.7 Å². The van der Waals surface area contributed by atoms with Gasteiger partial charge in [0.05, 0.1) is 10.6 Å². The van der Waals surface area contributed by atoms with Gasteiger partial charge < -0.3 is 10.2 Å². The van der Waals surface area contributed by atoms with Gasteiger partial charge in [0, 0.05) is 41.8 Å². The maximum absolute atomic E-state index is 14.3. The van der Waals surface area contributed by atoms with Gasteiger partial charge in [0.2, 0.25) is 0 Å². The molecule has 0 spiro atoms. The van der Waals surface area contributed by atoms with Gasteiger partial charge in [-0.05, 0) is 38.8 Å². The Morgan fingerprint density at radius 2 is 2.17 bits per heavy atom. The van der Waals surface area contributed by atoms with Crippen LogP contribution in [-0.4, -0.2) is 38.8 Å². The Morgan fingerprint density at radius 1 is 1.33 bits per heavy atom. The molecule has 6 nitrogen and oxygen atoms in total. The Morgan fingerprint density at radius 3 is 2.93 bits per heavy atom. The molecule has 1 aliphatic heterocycles. The van der Waals surface area contributed by atoms with E-state index >= 15 is 0 Å². The lowest BCUT2D eigenvalue weighted by atomic mass is 9.96. The highest BCUT2D eigenvalue weighted by molar-refractivity contribution is 7.15. The molecule has 156 valence electrons. The van der Waals surface area contributed by atoms with Gasteiger partial charge in [-0.2, -0.15) is 0 Å². The van der Waals surface area contributed by atoms with Gasteiger partial charge in [0.25, 0.3) is 5.91 Å². The molecule has 1 amide bonds. The van der Waals surface area contributed by atoms with Gasteiger partial charge in [-0.3, -0.25) is 4.79 Å². The predicted molar refractivity (Wildman–Crippen MR) is 116 cm³/mol. The number of benzene rings is 1. The molecule has 3 aromatic rings. The van der Waals surface area contributed by atoms with E-state index in [1.54, 1.807) is 22.3 Å². The van der Waals surface area contributed by atoms with E-state index in [4.69, 9.17) is 11.6 Å². The summed E-state index contributed by atoms with van der Waals surface area (Å²) in [6.07, 6.45) is 3.47. The minimum atomic E-state index is -0.677. The molecule has 0 bridgehead atoms. The Kier molecular flexibility index (Phi) is 5.97. The van der Waals surface area contributed by atoms with Gasteiger partial charge >= 0.3 is 0 Å². The number of halogens is 2. The molecule has 0 radical (unpaired) electrons. The van der Waals surface area contributed by atoms with Gasteiger partial charge in [-0.25, -0.2) is 19.3 Å². The van der Waals surface area contributed by atoms with Crippen molar-refractivity contribution in [3.63, 3.8) is 0 Å². The molecule has 0 saturated carbocycles. The third kappa shape index (κ3) is 4.44. The lowest BCUT2D eigenvalue weighted by Crippen LogP contribution is -2.40. The lowest BCUT2D eigenvalue weighted by Gasteiger charge is -2.32. The summed E-state index contributed by atoms with van der Waals surface area (Å²) >= 11 is 7.40. The molecule has 0 unspecified atom stereocenters. The SMILES string of the molecule is Cc1cc(Nc2ncc(C)s2)nc([C@H]2CCCN(C(=O)c3cccc(Cl)c3F)C2)n1. The first-order valence-electron chi connectivity index (χ1n) is 9.69. The molecule has 1 aliphatic rings. The summed E-state index contributed by atoms with van der Waals surface area (Å²) in [5.74, 6) is 0.293. The van der Waals surface area contributed by atoms with E-state index in [9.17, 15) is 9.18 Å². The van der Waals surface area contributed by atoms with Crippen LogP contribution in [0.4, 0.5) is 15.3 Å². The van der Waals surface area contributed by atoms with E-state index in [0.717, 1.165) is 28.5 Å². The molecule has 4 rings (SSSR count). The number of hydrogen-bond donors (Lipinski definition) is 1. The van der Waals surface area contributed by atoms with Crippen LogP contribution in [0.3, 0.4) is 0 Å². The second-order valence-electron chi connectivity index (χ2n) is 7.35. The summed E-state index contributed by atoms with van der Waals surface area (Å²) in [7, 11) is 0. The number of thiazole rings is 1. The van der Waals surface area contributed by atoms with Crippen LogP contribution < -0.4 is 5.32 Å². The highest BCUT2D eigenvalue weighted by Crippen LogP contribution is 2.29. The lowest BCUT2D eigenvalue weighted by molar-refractivity contribution is 0.0700. The van der Waals surface area contributed by atoms with E-state index in [2.05, 4.69) is 20.3 Å². The fourth-order valence-corrected chi connectivity index (χ4v) is 4.42. The minimum absolute atomic E-state index is 0.00481. The Hall–Kier alpha value is -2.58. The number of carbonyl (C=O) groups is 1. The Bertz CT molecular complexity index is 1090. The quantitative estimate of drug-likeness (QED) is 0.604. The standard InChI is InChI=1S/C21H21ClFN5OS/c1-12-9-17(27-21-24-10-13(2)30-21)26-19(25-12)14-5-4-8-28(11-14)20(29)15-6-3-7-16(22)18(15)23/h3,6-7,9-10,14H,4-5,8,11H2,1-2H3,(H,24,25,26,27)/t14-/m0/s1.